The van der Waals surface area contributed by atoms with E-state index in [0.717, 1.165) is 16.8 Å². The Hall–Kier alpha value is -2.34. The van der Waals surface area contributed by atoms with Crippen molar-refractivity contribution in [2.75, 3.05) is 7.05 Å². The maximum Gasteiger partial charge on any atom is 0.226 e. The first-order chi connectivity index (χ1) is 11.5. The number of hydrogen-bond donors (Lipinski definition) is 2. The molecule has 0 bridgehead atoms. The molecule has 2 N–H and O–H groups in total. The Morgan fingerprint density at radius 1 is 1.50 bits per heavy atom. The van der Waals surface area contributed by atoms with Gasteiger partial charge in [0.1, 0.15) is 0 Å². The van der Waals surface area contributed by atoms with Crippen LogP contribution in [0.1, 0.15) is 29.3 Å². The zero-order valence-corrected chi connectivity index (χ0v) is 14.3. The second-order valence-electron chi connectivity index (χ2n) is 6.05. The molecule has 6 nitrogen and oxygen atoms in total. The average molecular weight is 347 g/mol. The topological polar surface area (TPSA) is 78.1 Å². The van der Waals surface area contributed by atoms with Crippen molar-refractivity contribution < 1.29 is 9.59 Å². The van der Waals surface area contributed by atoms with Crippen molar-refractivity contribution in [2.45, 2.75) is 25.9 Å². The predicted molar refractivity (Wildman–Crippen MR) is 90.2 cm³/mol. The summed E-state index contributed by atoms with van der Waals surface area (Å²) in [4.78, 5) is 26.4. The van der Waals surface area contributed by atoms with Crippen LogP contribution in [-0.4, -0.2) is 34.0 Å². The number of likely N-dealkylation sites (tertiary alicyclic amines) is 1. The molecule has 2 amide bonds. The van der Waals surface area contributed by atoms with E-state index in [1.165, 1.54) is 0 Å². The van der Waals surface area contributed by atoms with Crippen LogP contribution in [-0.2, 0) is 16.1 Å². The molecule has 2 atom stereocenters. The summed E-state index contributed by atoms with van der Waals surface area (Å²) in [6, 6.07) is 7.01. The summed E-state index contributed by atoms with van der Waals surface area (Å²) in [7, 11) is 1.72. The van der Waals surface area contributed by atoms with Crippen LogP contribution < -0.4 is 5.32 Å². The summed E-state index contributed by atoms with van der Waals surface area (Å²) in [5, 5.41) is 10.3. The van der Waals surface area contributed by atoms with Crippen LogP contribution in [0.4, 0.5) is 0 Å². The zero-order valence-electron chi connectivity index (χ0n) is 13.5. The van der Waals surface area contributed by atoms with Crippen LogP contribution in [0.3, 0.4) is 0 Å². The van der Waals surface area contributed by atoms with E-state index in [-0.39, 0.29) is 24.3 Å². The maximum absolute atomic E-state index is 12.7. The number of H-pyrrole nitrogens is 1. The smallest absolute Gasteiger partial charge is 0.226 e. The van der Waals surface area contributed by atoms with Crippen molar-refractivity contribution in [2.24, 2.45) is 5.92 Å². The summed E-state index contributed by atoms with van der Waals surface area (Å²) in [6.45, 7) is 2.29. The monoisotopic (exact) mass is 346 g/mol. The summed E-state index contributed by atoms with van der Waals surface area (Å²) in [5.74, 6) is -0.619. The van der Waals surface area contributed by atoms with Crippen molar-refractivity contribution in [1.82, 2.24) is 20.4 Å². The van der Waals surface area contributed by atoms with Crippen LogP contribution >= 0.6 is 11.6 Å². The largest absolute Gasteiger partial charge is 0.352 e. The van der Waals surface area contributed by atoms with Gasteiger partial charge in [0.25, 0.3) is 0 Å². The van der Waals surface area contributed by atoms with E-state index in [1.54, 1.807) is 24.2 Å². The minimum Gasteiger partial charge on any atom is -0.352 e. The number of carbonyl (C=O) groups excluding carboxylic acids is 2. The highest BCUT2D eigenvalue weighted by molar-refractivity contribution is 6.30. The van der Waals surface area contributed by atoms with Crippen LogP contribution in [0.15, 0.2) is 30.5 Å². The van der Waals surface area contributed by atoms with E-state index in [1.807, 2.05) is 25.1 Å². The molecule has 2 unspecified atom stereocenters. The summed E-state index contributed by atoms with van der Waals surface area (Å²) >= 11 is 6.07. The Morgan fingerprint density at radius 3 is 2.96 bits per heavy atom. The molecule has 2 aromatic rings. The number of aromatic amines is 1. The van der Waals surface area contributed by atoms with E-state index in [0.29, 0.717) is 11.6 Å². The molecule has 1 aromatic carbocycles. The Morgan fingerprint density at radius 2 is 2.29 bits per heavy atom. The fourth-order valence-corrected chi connectivity index (χ4v) is 3.32. The third-order valence-corrected chi connectivity index (χ3v) is 4.74. The number of rotatable bonds is 4. The SMILES string of the molecule is Cc1[nH]ncc1CNC(=O)C1CC(=O)N(C)C1c1cccc(Cl)c1. The molecular weight excluding hydrogens is 328 g/mol. The van der Waals surface area contributed by atoms with Gasteiger partial charge in [0.15, 0.2) is 0 Å². The molecular formula is C17H19ClN4O2. The van der Waals surface area contributed by atoms with Crippen molar-refractivity contribution >= 4 is 23.4 Å². The number of nitrogens with zero attached hydrogens (tertiary/aromatic N) is 2. The number of aromatic nitrogens is 2. The highest BCUT2D eigenvalue weighted by atomic mass is 35.5. The minimum atomic E-state index is -0.437. The van der Waals surface area contributed by atoms with E-state index in [4.69, 9.17) is 11.6 Å². The van der Waals surface area contributed by atoms with Gasteiger partial charge in [-0.05, 0) is 24.6 Å². The highest BCUT2D eigenvalue weighted by Crippen LogP contribution is 2.37. The van der Waals surface area contributed by atoms with Gasteiger partial charge in [0, 0.05) is 36.3 Å². The molecule has 1 aromatic heterocycles. The number of benzene rings is 1. The molecule has 1 saturated heterocycles. The first-order valence-electron chi connectivity index (χ1n) is 7.75. The van der Waals surface area contributed by atoms with Gasteiger partial charge in [0.05, 0.1) is 18.2 Å². The molecule has 0 aliphatic carbocycles. The van der Waals surface area contributed by atoms with Gasteiger partial charge in [-0.3, -0.25) is 14.7 Å². The molecule has 1 aliphatic rings. The summed E-state index contributed by atoms with van der Waals surface area (Å²) in [6.07, 6.45) is 1.89. The van der Waals surface area contributed by atoms with Crippen LogP contribution in [0, 0.1) is 12.8 Å². The lowest BCUT2D eigenvalue weighted by molar-refractivity contribution is -0.128. The predicted octanol–water partition coefficient (Wildman–Crippen LogP) is 2.21. The molecule has 126 valence electrons. The van der Waals surface area contributed by atoms with E-state index < -0.39 is 5.92 Å². The lowest BCUT2D eigenvalue weighted by atomic mass is 9.93. The minimum absolute atomic E-state index is 0.0420. The molecule has 1 aliphatic heterocycles. The fourth-order valence-electron chi connectivity index (χ4n) is 3.12. The van der Waals surface area contributed by atoms with Crippen molar-refractivity contribution in [3.05, 3.63) is 52.3 Å². The number of carbonyl (C=O) groups is 2. The maximum atomic E-state index is 12.7. The average Bonchev–Trinajstić information content (AvgIpc) is 3.09. The number of aryl methyl sites for hydroxylation is 1. The number of halogens is 1. The van der Waals surface area contributed by atoms with Gasteiger partial charge in [-0.15, -0.1) is 0 Å². The molecule has 2 heterocycles. The first kappa shape index (κ1) is 16.5. The van der Waals surface area contributed by atoms with Crippen LogP contribution in [0.5, 0.6) is 0 Å². The second kappa shape index (κ2) is 6.65. The van der Waals surface area contributed by atoms with Gasteiger partial charge < -0.3 is 10.2 Å². The van der Waals surface area contributed by atoms with Gasteiger partial charge in [-0.2, -0.15) is 5.10 Å². The van der Waals surface area contributed by atoms with Crippen LogP contribution in [0.2, 0.25) is 5.02 Å². The van der Waals surface area contributed by atoms with Gasteiger partial charge >= 0.3 is 0 Å². The second-order valence-corrected chi connectivity index (χ2v) is 6.49. The molecule has 0 saturated carbocycles. The Bertz CT molecular complexity index is 773. The van der Waals surface area contributed by atoms with E-state index in [9.17, 15) is 9.59 Å². The molecule has 1 fully saturated rings. The molecule has 7 heteroatoms. The number of hydrogen-bond acceptors (Lipinski definition) is 3. The Labute approximate surface area is 145 Å². The van der Waals surface area contributed by atoms with Crippen molar-refractivity contribution in [1.29, 1.82) is 0 Å². The van der Waals surface area contributed by atoms with Crippen LogP contribution in [0.25, 0.3) is 0 Å². The number of amides is 2. The zero-order chi connectivity index (χ0) is 17.3. The van der Waals surface area contributed by atoms with Crippen molar-refractivity contribution in [3.8, 4) is 0 Å². The summed E-state index contributed by atoms with van der Waals surface area (Å²) in [5.41, 5.74) is 2.72. The number of nitrogens with one attached hydrogen (secondary N) is 2. The molecule has 0 spiro atoms. The summed E-state index contributed by atoms with van der Waals surface area (Å²) < 4.78 is 0. The van der Waals surface area contributed by atoms with Crippen molar-refractivity contribution in [3.63, 3.8) is 0 Å². The van der Waals surface area contributed by atoms with Gasteiger partial charge in [0.2, 0.25) is 11.8 Å². The standard InChI is InChI=1S/C17H19ClN4O2/c1-10-12(9-20-21-10)8-19-17(24)14-7-15(23)22(2)16(14)11-4-3-5-13(18)6-11/h3-6,9,14,16H,7-8H2,1-2H3,(H,19,24)(H,20,21). The molecule has 3 rings (SSSR count). The lowest BCUT2D eigenvalue weighted by Crippen LogP contribution is -2.34. The Balaban J connectivity index is 1.78. The normalized spacial score (nSPS) is 20.5. The third-order valence-electron chi connectivity index (χ3n) is 4.50. The third kappa shape index (κ3) is 3.14. The lowest BCUT2D eigenvalue weighted by Gasteiger charge is -2.25. The van der Waals surface area contributed by atoms with E-state index in [2.05, 4.69) is 15.5 Å². The molecule has 0 radical (unpaired) electrons. The van der Waals surface area contributed by atoms with E-state index >= 15 is 0 Å². The molecule has 24 heavy (non-hydrogen) atoms. The Kier molecular flexibility index (Phi) is 4.57. The first-order valence-corrected chi connectivity index (χ1v) is 8.13. The quantitative estimate of drug-likeness (QED) is 0.891. The van der Waals surface area contributed by atoms with Gasteiger partial charge in [-0.25, -0.2) is 0 Å². The highest BCUT2D eigenvalue weighted by Gasteiger charge is 2.42. The van der Waals surface area contributed by atoms with Gasteiger partial charge in [-0.1, -0.05) is 23.7 Å². The fraction of sp³-hybridized carbons (Fsp3) is 0.353.